The molecule has 0 saturated heterocycles. The standard InChI is InChI=1S/C17H25BrFN/c1-17(2)9-5-4-6-14(17)16(20-3)10-12-7-8-13(19)11-15(12)18/h7-8,11,14,16,20H,4-6,9-10H2,1-3H3. The molecule has 0 spiro atoms. The summed E-state index contributed by atoms with van der Waals surface area (Å²) in [5, 5.41) is 3.50. The lowest BCUT2D eigenvalue weighted by Gasteiger charge is -2.43. The zero-order chi connectivity index (χ0) is 14.8. The summed E-state index contributed by atoms with van der Waals surface area (Å²) in [4.78, 5) is 0. The molecule has 3 heteroatoms. The fraction of sp³-hybridized carbons (Fsp3) is 0.647. The van der Waals surface area contributed by atoms with Crippen LogP contribution in [0.1, 0.15) is 45.1 Å². The van der Waals surface area contributed by atoms with Crippen LogP contribution in [0.4, 0.5) is 4.39 Å². The molecule has 2 rings (SSSR count). The molecule has 0 radical (unpaired) electrons. The summed E-state index contributed by atoms with van der Waals surface area (Å²) in [6.07, 6.45) is 6.22. The van der Waals surface area contributed by atoms with Crippen molar-refractivity contribution < 1.29 is 4.39 Å². The lowest BCUT2D eigenvalue weighted by Crippen LogP contribution is -2.44. The van der Waals surface area contributed by atoms with E-state index in [1.165, 1.54) is 31.2 Å². The summed E-state index contributed by atoms with van der Waals surface area (Å²) in [5.41, 5.74) is 1.57. The van der Waals surface area contributed by atoms with Crippen LogP contribution in [0, 0.1) is 17.2 Å². The number of halogens is 2. The van der Waals surface area contributed by atoms with Gasteiger partial charge in [0.25, 0.3) is 0 Å². The van der Waals surface area contributed by atoms with Gasteiger partial charge in [0, 0.05) is 10.5 Å². The number of likely N-dealkylation sites (N-methyl/N-ethyl adjacent to an activating group) is 1. The van der Waals surface area contributed by atoms with Crippen molar-refractivity contribution in [2.24, 2.45) is 11.3 Å². The van der Waals surface area contributed by atoms with E-state index in [0.29, 0.717) is 17.4 Å². The van der Waals surface area contributed by atoms with Crippen LogP contribution in [0.15, 0.2) is 22.7 Å². The highest BCUT2D eigenvalue weighted by molar-refractivity contribution is 9.10. The van der Waals surface area contributed by atoms with Gasteiger partial charge in [0.15, 0.2) is 0 Å². The predicted octanol–water partition coefficient (Wildman–Crippen LogP) is 4.94. The van der Waals surface area contributed by atoms with Crippen molar-refractivity contribution in [2.75, 3.05) is 7.05 Å². The Morgan fingerprint density at radius 3 is 2.75 bits per heavy atom. The van der Waals surface area contributed by atoms with Gasteiger partial charge in [0.05, 0.1) is 0 Å². The molecule has 0 heterocycles. The number of rotatable bonds is 4. The minimum Gasteiger partial charge on any atom is -0.316 e. The van der Waals surface area contributed by atoms with E-state index in [2.05, 4.69) is 35.1 Å². The van der Waals surface area contributed by atoms with Crippen molar-refractivity contribution in [3.63, 3.8) is 0 Å². The molecule has 1 saturated carbocycles. The molecule has 1 aromatic carbocycles. The molecule has 112 valence electrons. The fourth-order valence-corrected chi connectivity index (χ4v) is 4.15. The van der Waals surface area contributed by atoms with E-state index in [4.69, 9.17) is 0 Å². The van der Waals surface area contributed by atoms with Crippen LogP contribution in [0.25, 0.3) is 0 Å². The smallest absolute Gasteiger partial charge is 0.124 e. The quantitative estimate of drug-likeness (QED) is 0.818. The zero-order valence-electron chi connectivity index (χ0n) is 12.7. The van der Waals surface area contributed by atoms with Crippen molar-refractivity contribution >= 4 is 15.9 Å². The van der Waals surface area contributed by atoms with Gasteiger partial charge in [0.1, 0.15) is 5.82 Å². The first-order valence-electron chi connectivity index (χ1n) is 7.55. The minimum absolute atomic E-state index is 0.181. The van der Waals surface area contributed by atoms with Gasteiger partial charge < -0.3 is 5.32 Å². The maximum atomic E-state index is 13.2. The van der Waals surface area contributed by atoms with Crippen molar-refractivity contribution in [3.05, 3.63) is 34.1 Å². The van der Waals surface area contributed by atoms with Crippen LogP contribution in [0.5, 0.6) is 0 Å². The Labute approximate surface area is 130 Å². The molecule has 0 amide bonds. The second kappa shape index (κ2) is 6.57. The molecule has 0 aliphatic heterocycles. The first kappa shape index (κ1) is 16.0. The third kappa shape index (κ3) is 3.62. The molecule has 1 aliphatic carbocycles. The molecular formula is C17H25BrFN. The van der Waals surface area contributed by atoms with Crippen LogP contribution in [-0.2, 0) is 6.42 Å². The Morgan fingerprint density at radius 2 is 2.15 bits per heavy atom. The minimum atomic E-state index is -0.181. The van der Waals surface area contributed by atoms with Crippen LogP contribution in [0.2, 0.25) is 0 Å². The maximum absolute atomic E-state index is 13.2. The molecular weight excluding hydrogens is 317 g/mol. The summed E-state index contributed by atoms with van der Waals surface area (Å²) >= 11 is 3.49. The van der Waals surface area contributed by atoms with E-state index < -0.39 is 0 Å². The summed E-state index contributed by atoms with van der Waals surface area (Å²) in [7, 11) is 2.05. The van der Waals surface area contributed by atoms with E-state index in [0.717, 1.165) is 10.9 Å². The molecule has 1 fully saturated rings. The first-order valence-corrected chi connectivity index (χ1v) is 8.34. The third-order valence-electron chi connectivity index (χ3n) is 4.90. The van der Waals surface area contributed by atoms with Gasteiger partial charge in [-0.05, 0) is 55.3 Å². The Bertz CT molecular complexity index is 458. The predicted molar refractivity (Wildman–Crippen MR) is 86.4 cm³/mol. The van der Waals surface area contributed by atoms with E-state index in [1.54, 1.807) is 12.1 Å². The van der Waals surface area contributed by atoms with Crippen LogP contribution in [0.3, 0.4) is 0 Å². The molecule has 20 heavy (non-hydrogen) atoms. The molecule has 0 bridgehead atoms. The molecule has 0 aromatic heterocycles. The highest BCUT2D eigenvalue weighted by Crippen LogP contribution is 2.43. The Balaban J connectivity index is 2.15. The highest BCUT2D eigenvalue weighted by Gasteiger charge is 2.36. The Kier molecular flexibility index (Phi) is 5.25. The number of hydrogen-bond acceptors (Lipinski definition) is 1. The highest BCUT2D eigenvalue weighted by atomic mass is 79.9. The largest absolute Gasteiger partial charge is 0.316 e. The Morgan fingerprint density at radius 1 is 1.40 bits per heavy atom. The lowest BCUT2D eigenvalue weighted by molar-refractivity contribution is 0.101. The summed E-state index contributed by atoms with van der Waals surface area (Å²) in [5.74, 6) is 0.498. The number of hydrogen-bond donors (Lipinski definition) is 1. The Hall–Kier alpha value is -0.410. The van der Waals surface area contributed by atoms with Crippen molar-refractivity contribution in [1.82, 2.24) is 5.32 Å². The van der Waals surface area contributed by atoms with Crippen LogP contribution < -0.4 is 5.32 Å². The molecule has 1 aromatic rings. The van der Waals surface area contributed by atoms with E-state index in [1.807, 2.05) is 13.1 Å². The van der Waals surface area contributed by atoms with E-state index in [-0.39, 0.29) is 5.82 Å². The second-order valence-electron chi connectivity index (χ2n) is 6.68. The normalized spacial score (nSPS) is 23.6. The average Bonchev–Trinajstić information content (AvgIpc) is 2.38. The van der Waals surface area contributed by atoms with E-state index in [9.17, 15) is 4.39 Å². The topological polar surface area (TPSA) is 12.0 Å². The van der Waals surface area contributed by atoms with Gasteiger partial charge in [0.2, 0.25) is 0 Å². The lowest BCUT2D eigenvalue weighted by atomic mass is 9.65. The molecule has 1 nitrogen and oxygen atoms in total. The molecule has 1 N–H and O–H groups in total. The first-order chi connectivity index (χ1) is 9.44. The third-order valence-corrected chi connectivity index (χ3v) is 5.64. The zero-order valence-corrected chi connectivity index (χ0v) is 14.3. The summed E-state index contributed by atoms with van der Waals surface area (Å²) in [6, 6.07) is 5.47. The molecule has 2 atom stereocenters. The second-order valence-corrected chi connectivity index (χ2v) is 7.53. The van der Waals surface area contributed by atoms with Gasteiger partial charge in [-0.3, -0.25) is 0 Å². The van der Waals surface area contributed by atoms with Gasteiger partial charge in [-0.2, -0.15) is 0 Å². The maximum Gasteiger partial charge on any atom is 0.124 e. The van der Waals surface area contributed by atoms with Gasteiger partial charge >= 0.3 is 0 Å². The van der Waals surface area contributed by atoms with Gasteiger partial charge in [-0.15, -0.1) is 0 Å². The average molecular weight is 342 g/mol. The SMILES string of the molecule is CNC(Cc1ccc(F)cc1Br)C1CCCCC1(C)C. The summed E-state index contributed by atoms with van der Waals surface area (Å²) < 4.78 is 14.1. The van der Waals surface area contributed by atoms with Gasteiger partial charge in [-0.1, -0.05) is 48.7 Å². The number of benzene rings is 1. The summed E-state index contributed by atoms with van der Waals surface area (Å²) in [6.45, 7) is 4.78. The van der Waals surface area contributed by atoms with Crippen molar-refractivity contribution in [2.45, 2.75) is 52.0 Å². The monoisotopic (exact) mass is 341 g/mol. The molecule has 2 unspecified atom stereocenters. The van der Waals surface area contributed by atoms with Crippen molar-refractivity contribution in [3.8, 4) is 0 Å². The van der Waals surface area contributed by atoms with Crippen LogP contribution in [-0.4, -0.2) is 13.1 Å². The van der Waals surface area contributed by atoms with E-state index >= 15 is 0 Å². The van der Waals surface area contributed by atoms with Crippen LogP contribution >= 0.6 is 15.9 Å². The van der Waals surface area contributed by atoms with Crippen molar-refractivity contribution in [1.29, 1.82) is 0 Å². The fourth-order valence-electron chi connectivity index (χ4n) is 3.64. The molecule has 1 aliphatic rings. The van der Waals surface area contributed by atoms with Gasteiger partial charge in [-0.25, -0.2) is 4.39 Å². The number of nitrogens with one attached hydrogen (secondary N) is 1.